The maximum absolute atomic E-state index is 13.2. The summed E-state index contributed by atoms with van der Waals surface area (Å²) in [4.78, 5) is 29.8. The van der Waals surface area contributed by atoms with Crippen molar-refractivity contribution in [2.45, 2.75) is 37.5 Å². The minimum atomic E-state index is -3.67. The molecule has 2 aliphatic rings. The molecule has 0 atom stereocenters. The van der Waals surface area contributed by atoms with Crippen LogP contribution in [0.3, 0.4) is 0 Å². The van der Waals surface area contributed by atoms with Gasteiger partial charge >= 0.3 is 0 Å². The zero-order chi connectivity index (χ0) is 22.7. The number of thiophene rings is 1. The van der Waals surface area contributed by atoms with Gasteiger partial charge in [0.05, 0.1) is 0 Å². The number of hydrogen-bond donors (Lipinski definition) is 0. The second-order valence-electron chi connectivity index (χ2n) is 8.21. The van der Waals surface area contributed by atoms with Gasteiger partial charge in [0, 0.05) is 44.8 Å². The number of nitrogens with zero attached hydrogens (tertiary/aromatic N) is 3. The summed E-state index contributed by atoms with van der Waals surface area (Å²) in [5, 5.41) is 1.67. The molecule has 0 saturated carbocycles. The van der Waals surface area contributed by atoms with Crippen LogP contribution in [0, 0.1) is 0 Å². The number of sulfonamides is 1. The van der Waals surface area contributed by atoms with Gasteiger partial charge < -0.3 is 9.80 Å². The Labute approximate surface area is 193 Å². The molecule has 0 bridgehead atoms. The number of carbonyl (C=O) groups is 2. The lowest BCUT2D eigenvalue weighted by Crippen LogP contribution is -2.50. The molecule has 7 nitrogen and oxygen atoms in total. The molecule has 4 rings (SSSR count). The normalized spacial score (nSPS) is 18.0. The standard InChI is InChI=1S/C23H29N3O4S2/c1-2-18-6-8-19(9-7-18)22(27)24-13-15-25(16-14-24)23(28)21-20(10-17-31-21)32(29,30)26-11-4-3-5-12-26/h6-10,17H,2-5,11-16H2,1H3. The van der Waals surface area contributed by atoms with Crippen molar-refractivity contribution in [2.75, 3.05) is 39.3 Å². The fourth-order valence-electron chi connectivity index (χ4n) is 4.22. The van der Waals surface area contributed by atoms with Crippen molar-refractivity contribution in [3.05, 3.63) is 51.7 Å². The Morgan fingerprint density at radius 2 is 1.44 bits per heavy atom. The number of piperidine rings is 1. The van der Waals surface area contributed by atoms with Crippen molar-refractivity contribution in [1.82, 2.24) is 14.1 Å². The minimum Gasteiger partial charge on any atom is -0.335 e. The highest BCUT2D eigenvalue weighted by atomic mass is 32.2. The molecule has 3 heterocycles. The molecular weight excluding hydrogens is 446 g/mol. The highest BCUT2D eigenvalue weighted by Gasteiger charge is 2.33. The van der Waals surface area contributed by atoms with Crippen LogP contribution in [0.5, 0.6) is 0 Å². The molecule has 2 aromatic rings. The number of hydrogen-bond acceptors (Lipinski definition) is 5. The number of carbonyl (C=O) groups excluding carboxylic acids is 2. The smallest absolute Gasteiger partial charge is 0.265 e. The van der Waals surface area contributed by atoms with Gasteiger partial charge in [-0.05, 0) is 48.4 Å². The third-order valence-electron chi connectivity index (χ3n) is 6.22. The molecule has 1 aromatic heterocycles. The maximum Gasteiger partial charge on any atom is 0.265 e. The zero-order valence-electron chi connectivity index (χ0n) is 18.3. The van der Waals surface area contributed by atoms with Crippen LogP contribution in [0.25, 0.3) is 0 Å². The van der Waals surface area contributed by atoms with Crippen LogP contribution >= 0.6 is 11.3 Å². The SMILES string of the molecule is CCc1ccc(C(=O)N2CCN(C(=O)c3sccc3S(=O)(=O)N3CCCCC3)CC2)cc1. The van der Waals surface area contributed by atoms with E-state index in [1.54, 1.807) is 21.2 Å². The molecule has 2 saturated heterocycles. The van der Waals surface area contributed by atoms with Crippen LogP contribution in [0.2, 0.25) is 0 Å². The molecular formula is C23H29N3O4S2. The largest absolute Gasteiger partial charge is 0.335 e. The van der Waals surface area contributed by atoms with Crippen LogP contribution in [-0.2, 0) is 16.4 Å². The molecule has 172 valence electrons. The predicted octanol–water partition coefficient (Wildman–Crippen LogP) is 3.08. The van der Waals surface area contributed by atoms with Crippen LogP contribution in [0.1, 0.15) is 51.8 Å². The zero-order valence-corrected chi connectivity index (χ0v) is 20.0. The fraction of sp³-hybridized carbons (Fsp3) is 0.478. The Morgan fingerprint density at radius 1 is 0.844 bits per heavy atom. The first-order valence-electron chi connectivity index (χ1n) is 11.2. The van der Waals surface area contributed by atoms with E-state index >= 15 is 0 Å². The van der Waals surface area contributed by atoms with E-state index in [0.717, 1.165) is 25.7 Å². The van der Waals surface area contributed by atoms with Crippen LogP contribution in [0.4, 0.5) is 0 Å². The maximum atomic E-state index is 13.2. The molecule has 2 aliphatic heterocycles. The third-order valence-corrected chi connectivity index (χ3v) is 9.19. The Kier molecular flexibility index (Phi) is 6.97. The van der Waals surface area contributed by atoms with Crippen molar-refractivity contribution in [2.24, 2.45) is 0 Å². The summed E-state index contributed by atoms with van der Waals surface area (Å²) < 4.78 is 27.7. The monoisotopic (exact) mass is 475 g/mol. The van der Waals surface area contributed by atoms with Gasteiger partial charge in [0.2, 0.25) is 10.0 Å². The Bertz CT molecular complexity index is 1060. The van der Waals surface area contributed by atoms with Crippen molar-refractivity contribution in [3.8, 4) is 0 Å². The van der Waals surface area contributed by atoms with Gasteiger partial charge in [0.25, 0.3) is 11.8 Å². The minimum absolute atomic E-state index is 0.0377. The Hall–Kier alpha value is -2.23. The van der Waals surface area contributed by atoms with E-state index in [-0.39, 0.29) is 21.6 Å². The topological polar surface area (TPSA) is 78.0 Å². The van der Waals surface area contributed by atoms with Crippen molar-refractivity contribution in [3.63, 3.8) is 0 Å². The lowest BCUT2D eigenvalue weighted by molar-refractivity contribution is 0.0536. The second kappa shape index (κ2) is 9.72. The van der Waals surface area contributed by atoms with Gasteiger partial charge in [-0.2, -0.15) is 4.31 Å². The van der Waals surface area contributed by atoms with E-state index < -0.39 is 10.0 Å². The second-order valence-corrected chi connectivity index (χ2v) is 11.0. The highest BCUT2D eigenvalue weighted by molar-refractivity contribution is 7.89. The van der Waals surface area contributed by atoms with Gasteiger partial charge in [-0.25, -0.2) is 8.42 Å². The van der Waals surface area contributed by atoms with Gasteiger partial charge in [-0.1, -0.05) is 25.5 Å². The molecule has 0 aliphatic carbocycles. The average Bonchev–Trinajstić information content (AvgIpc) is 3.35. The number of amides is 2. The number of benzene rings is 1. The van der Waals surface area contributed by atoms with Crippen molar-refractivity contribution in [1.29, 1.82) is 0 Å². The van der Waals surface area contributed by atoms with E-state index in [1.165, 1.54) is 21.2 Å². The van der Waals surface area contributed by atoms with Crippen molar-refractivity contribution >= 4 is 33.2 Å². The quantitative estimate of drug-likeness (QED) is 0.666. The molecule has 1 aromatic carbocycles. The van der Waals surface area contributed by atoms with E-state index in [4.69, 9.17) is 0 Å². The molecule has 0 spiro atoms. The summed E-state index contributed by atoms with van der Waals surface area (Å²) in [6.45, 7) is 4.72. The van der Waals surface area contributed by atoms with Gasteiger partial charge in [0.1, 0.15) is 9.77 Å². The Morgan fingerprint density at radius 3 is 2.03 bits per heavy atom. The van der Waals surface area contributed by atoms with Gasteiger partial charge in [0.15, 0.2) is 0 Å². The summed E-state index contributed by atoms with van der Waals surface area (Å²) in [6, 6.07) is 9.17. The molecule has 0 radical (unpaired) electrons. The molecule has 0 unspecified atom stereocenters. The van der Waals surface area contributed by atoms with Crippen molar-refractivity contribution < 1.29 is 18.0 Å². The number of aryl methyl sites for hydroxylation is 1. The molecule has 2 fully saturated rings. The summed E-state index contributed by atoms with van der Waals surface area (Å²) in [6.07, 6.45) is 3.66. The predicted molar refractivity (Wildman–Crippen MR) is 125 cm³/mol. The number of rotatable bonds is 5. The Balaban J connectivity index is 1.42. The molecule has 9 heteroatoms. The van der Waals surface area contributed by atoms with E-state index in [9.17, 15) is 18.0 Å². The van der Waals surface area contributed by atoms with E-state index in [2.05, 4.69) is 6.92 Å². The molecule has 0 N–H and O–H groups in total. The average molecular weight is 476 g/mol. The summed E-state index contributed by atoms with van der Waals surface area (Å²) in [5.41, 5.74) is 1.83. The van der Waals surface area contributed by atoms with Crippen LogP contribution in [-0.4, -0.2) is 73.6 Å². The fourth-order valence-corrected chi connectivity index (χ4v) is 7.10. The summed E-state index contributed by atoms with van der Waals surface area (Å²) >= 11 is 1.17. The lowest BCUT2D eigenvalue weighted by atomic mass is 10.1. The summed E-state index contributed by atoms with van der Waals surface area (Å²) in [5.74, 6) is -0.306. The first kappa shape index (κ1) is 22.9. The van der Waals surface area contributed by atoms with E-state index in [0.29, 0.717) is 44.8 Å². The van der Waals surface area contributed by atoms with Crippen LogP contribution < -0.4 is 0 Å². The third kappa shape index (κ3) is 4.60. The lowest BCUT2D eigenvalue weighted by Gasteiger charge is -2.35. The first-order valence-corrected chi connectivity index (χ1v) is 13.5. The molecule has 32 heavy (non-hydrogen) atoms. The highest BCUT2D eigenvalue weighted by Crippen LogP contribution is 2.28. The van der Waals surface area contributed by atoms with Gasteiger partial charge in [-0.3, -0.25) is 9.59 Å². The molecule has 2 amide bonds. The summed E-state index contributed by atoms with van der Waals surface area (Å²) in [7, 11) is -3.67. The van der Waals surface area contributed by atoms with Crippen LogP contribution in [0.15, 0.2) is 40.6 Å². The first-order chi connectivity index (χ1) is 15.4. The van der Waals surface area contributed by atoms with Gasteiger partial charge in [-0.15, -0.1) is 11.3 Å². The van der Waals surface area contributed by atoms with E-state index in [1.807, 2.05) is 24.3 Å². The number of piperazine rings is 1.